The number of piperidine rings is 1. The number of halogens is 1. The van der Waals surface area contributed by atoms with Crippen molar-refractivity contribution in [2.45, 2.75) is 37.1 Å². The second-order valence-corrected chi connectivity index (χ2v) is 9.41. The number of pyridine rings is 1. The van der Waals surface area contributed by atoms with Gasteiger partial charge < -0.3 is 4.90 Å². The molecule has 1 N–H and O–H groups in total. The Morgan fingerprint density at radius 3 is 2.53 bits per heavy atom. The lowest BCUT2D eigenvalue weighted by Crippen LogP contribution is -2.47. The third-order valence-corrected chi connectivity index (χ3v) is 7.47. The second-order valence-electron chi connectivity index (χ2n) is 8.97. The zero-order valence-electron chi connectivity index (χ0n) is 18.1. The minimum Gasteiger partial charge on any atom is -0.342 e. The largest absolute Gasteiger partial charge is 0.342 e. The van der Waals surface area contributed by atoms with E-state index in [2.05, 4.69) is 34.6 Å². The number of nitrogens with zero attached hydrogens (tertiary/aromatic N) is 2. The van der Waals surface area contributed by atoms with Crippen LogP contribution in [0.1, 0.15) is 47.6 Å². The summed E-state index contributed by atoms with van der Waals surface area (Å²) in [5.74, 6) is 0.161. The topological polar surface area (TPSA) is 45.2 Å². The Kier molecular flexibility index (Phi) is 5.99. The first-order chi connectivity index (χ1) is 15.6. The molecule has 3 aromatic rings. The predicted octanol–water partition coefficient (Wildman–Crippen LogP) is 4.92. The standard InChI is InChI=1S/C27H28ClN3O/c28-23-9-7-21(8-10-23)26(22-5-3-15-29-18-22)30-19-25(32)31-16-13-27(14-17-31)12-11-20-4-1-2-6-24(20)27/h1-10,15,18,26,30H,11-14,16-17,19H2. The fourth-order valence-corrected chi connectivity index (χ4v) is 5.53. The van der Waals surface area contributed by atoms with Gasteiger partial charge in [0, 0.05) is 30.5 Å². The molecule has 1 saturated heterocycles. The Labute approximate surface area is 194 Å². The average molecular weight is 446 g/mol. The van der Waals surface area contributed by atoms with Crippen LogP contribution in [0.15, 0.2) is 73.1 Å². The van der Waals surface area contributed by atoms with E-state index in [0.717, 1.165) is 37.1 Å². The average Bonchev–Trinajstić information content (AvgIpc) is 3.19. The Balaban J connectivity index is 1.24. The van der Waals surface area contributed by atoms with Gasteiger partial charge >= 0.3 is 0 Å². The third-order valence-electron chi connectivity index (χ3n) is 7.21. The summed E-state index contributed by atoms with van der Waals surface area (Å²) in [6.45, 7) is 1.95. The van der Waals surface area contributed by atoms with Gasteiger partial charge in [-0.15, -0.1) is 0 Å². The molecule has 1 amide bonds. The van der Waals surface area contributed by atoms with E-state index in [1.165, 1.54) is 24.0 Å². The molecule has 1 fully saturated rings. The Morgan fingerprint density at radius 2 is 1.78 bits per heavy atom. The number of likely N-dealkylation sites (tertiary alicyclic amines) is 1. The number of aromatic nitrogens is 1. The van der Waals surface area contributed by atoms with Crippen molar-refractivity contribution in [2.75, 3.05) is 19.6 Å². The van der Waals surface area contributed by atoms with Gasteiger partial charge in [0.2, 0.25) is 5.91 Å². The lowest BCUT2D eigenvalue weighted by Gasteiger charge is -2.40. The van der Waals surface area contributed by atoms with Crippen LogP contribution in [0.25, 0.3) is 0 Å². The van der Waals surface area contributed by atoms with Crippen molar-refractivity contribution in [1.29, 1.82) is 0 Å². The van der Waals surface area contributed by atoms with Gasteiger partial charge in [0.25, 0.3) is 0 Å². The molecule has 0 saturated carbocycles. The number of fused-ring (bicyclic) bond motifs is 2. The lowest BCUT2D eigenvalue weighted by atomic mass is 9.74. The van der Waals surface area contributed by atoms with Gasteiger partial charge in [-0.1, -0.05) is 54.1 Å². The predicted molar refractivity (Wildman–Crippen MR) is 128 cm³/mol. The molecule has 2 aromatic carbocycles. The number of amides is 1. The van der Waals surface area contributed by atoms with Crippen LogP contribution in [0, 0.1) is 0 Å². The van der Waals surface area contributed by atoms with Gasteiger partial charge in [-0.25, -0.2) is 0 Å². The van der Waals surface area contributed by atoms with E-state index in [1.807, 2.05) is 47.5 Å². The van der Waals surface area contributed by atoms with Crippen LogP contribution in [0.4, 0.5) is 0 Å². The molecule has 1 spiro atoms. The number of carbonyl (C=O) groups excluding carboxylic acids is 1. The van der Waals surface area contributed by atoms with Crippen molar-refractivity contribution in [3.05, 3.63) is 100 Å². The summed E-state index contributed by atoms with van der Waals surface area (Å²) >= 11 is 6.08. The summed E-state index contributed by atoms with van der Waals surface area (Å²) in [6, 6.07) is 20.5. The molecule has 1 aliphatic carbocycles. The maximum absolute atomic E-state index is 13.1. The molecule has 164 valence electrons. The van der Waals surface area contributed by atoms with E-state index >= 15 is 0 Å². The molecule has 2 aliphatic rings. The lowest BCUT2D eigenvalue weighted by molar-refractivity contribution is -0.132. The van der Waals surface area contributed by atoms with E-state index in [4.69, 9.17) is 11.6 Å². The minimum atomic E-state index is -0.109. The molecule has 1 aliphatic heterocycles. The minimum absolute atomic E-state index is 0.109. The highest BCUT2D eigenvalue weighted by Crippen LogP contribution is 2.46. The molecule has 1 atom stereocenters. The molecule has 5 rings (SSSR count). The Bertz CT molecular complexity index is 1080. The number of carbonyl (C=O) groups is 1. The van der Waals surface area contributed by atoms with Gasteiger partial charge in [-0.3, -0.25) is 15.1 Å². The van der Waals surface area contributed by atoms with Crippen LogP contribution in [-0.4, -0.2) is 35.4 Å². The first kappa shape index (κ1) is 21.2. The van der Waals surface area contributed by atoms with Crippen molar-refractivity contribution in [1.82, 2.24) is 15.2 Å². The SMILES string of the molecule is O=C(CNC(c1ccc(Cl)cc1)c1cccnc1)N1CCC2(CCc3ccccc32)CC1. The molecular formula is C27H28ClN3O. The fourth-order valence-electron chi connectivity index (χ4n) is 5.40. The molecular weight excluding hydrogens is 418 g/mol. The quantitative estimate of drug-likeness (QED) is 0.606. The van der Waals surface area contributed by atoms with Crippen LogP contribution in [0.2, 0.25) is 5.02 Å². The normalized spacial score (nSPS) is 17.8. The summed E-state index contributed by atoms with van der Waals surface area (Å²) in [4.78, 5) is 19.4. The zero-order valence-corrected chi connectivity index (χ0v) is 18.9. The fraction of sp³-hybridized carbons (Fsp3) is 0.333. The van der Waals surface area contributed by atoms with Gasteiger partial charge in [-0.05, 0) is 71.6 Å². The van der Waals surface area contributed by atoms with Crippen molar-refractivity contribution < 1.29 is 4.79 Å². The van der Waals surface area contributed by atoms with Crippen LogP contribution in [0.5, 0.6) is 0 Å². The molecule has 1 aromatic heterocycles. The number of benzene rings is 2. The summed E-state index contributed by atoms with van der Waals surface area (Å²) in [6.07, 6.45) is 8.10. The number of hydrogen-bond acceptors (Lipinski definition) is 3. The molecule has 1 unspecified atom stereocenters. The first-order valence-corrected chi connectivity index (χ1v) is 11.8. The van der Waals surface area contributed by atoms with Gasteiger partial charge in [0.1, 0.15) is 0 Å². The van der Waals surface area contributed by atoms with E-state index < -0.39 is 0 Å². The van der Waals surface area contributed by atoms with Gasteiger partial charge in [0.15, 0.2) is 0 Å². The van der Waals surface area contributed by atoms with E-state index in [9.17, 15) is 4.79 Å². The smallest absolute Gasteiger partial charge is 0.236 e. The molecule has 32 heavy (non-hydrogen) atoms. The van der Waals surface area contributed by atoms with Crippen LogP contribution >= 0.6 is 11.6 Å². The Morgan fingerprint density at radius 1 is 1.00 bits per heavy atom. The maximum atomic E-state index is 13.1. The maximum Gasteiger partial charge on any atom is 0.236 e. The molecule has 2 heterocycles. The van der Waals surface area contributed by atoms with Crippen molar-refractivity contribution in [2.24, 2.45) is 0 Å². The summed E-state index contributed by atoms with van der Waals surface area (Å²) < 4.78 is 0. The molecule has 4 nitrogen and oxygen atoms in total. The van der Waals surface area contributed by atoms with Gasteiger partial charge in [-0.2, -0.15) is 0 Å². The summed E-state index contributed by atoms with van der Waals surface area (Å²) in [5, 5.41) is 4.17. The van der Waals surface area contributed by atoms with Gasteiger partial charge in [0.05, 0.1) is 12.6 Å². The highest BCUT2D eigenvalue weighted by Gasteiger charge is 2.41. The van der Waals surface area contributed by atoms with E-state index in [0.29, 0.717) is 11.6 Å². The van der Waals surface area contributed by atoms with E-state index in [-0.39, 0.29) is 17.4 Å². The summed E-state index contributed by atoms with van der Waals surface area (Å²) in [7, 11) is 0. The van der Waals surface area contributed by atoms with Crippen LogP contribution < -0.4 is 5.32 Å². The van der Waals surface area contributed by atoms with Crippen LogP contribution in [0.3, 0.4) is 0 Å². The van der Waals surface area contributed by atoms with Crippen molar-refractivity contribution in [3.63, 3.8) is 0 Å². The third kappa shape index (κ3) is 4.17. The van der Waals surface area contributed by atoms with Crippen LogP contribution in [-0.2, 0) is 16.6 Å². The zero-order chi connectivity index (χ0) is 22.0. The van der Waals surface area contributed by atoms with Crippen molar-refractivity contribution >= 4 is 17.5 Å². The number of hydrogen-bond donors (Lipinski definition) is 1. The molecule has 0 bridgehead atoms. The van der Waals surface area contributed by atoms with E-state index in [1.54, 1.807) is 6.20 Å². The number of aryl methyl sites for hydroxylation is 1. The molecule has 5 heteroatoms. The number of nitrogens with one attached hydrogen (secondary N) is 1. The van der Waals surface area contributed by atoms with Crippen molar-refractivity contribution in [3.8, 4) is 0 Å². The Hall–Kier alpha value is -2.69. The highest BCUT2D eigenvalue weighted by atomic mass is 35.5. The molecule has 0 radical (unpaired) electrons. The highest BCUT2D eigenvalue weighted by molar-refractivity contribution is 6.30. The first-order valence-electron chi connectivity index (χ1n) is 11.4. The summed E-state index contributed by atoms with van der Waals surface area (Å²) in [5.41, 5.74) is 5.38. The second kappa shape index (κ2) is 9.05. The monoisotopic (exact) mass is 445 g/mol. The number of rotatable bonds is 5.